The van der Waals surface area contributed by atoms with Gasteiger partial charge in [-0.05, 0) is 38.8 Å². The van der Waals surface area contributed by atoms with E-state index in [0.29, 0.717) is 18.6 Å². The molecule has 2 unspecified atom stereocenters. The van der Waals surface area contributed by atoms with Crippen LogP contribution in [0.4, 0.5) is 0 Å². The highest BCUT2D eigenvalue weighted by Crippen LogP contribution is 2.25. The van der Waals surface area contributed by atoms with Crippen LogP contribution < -0.4 is 5.32 Å². The lowest BCUT2D eigenvalue weighted by molar-refractivity contribution is 0.112. The molecule has 3 heterocycles. The molecule has 2 N–H and O–H groups in total. The first-order chi connectivity index (χ1) is 9.86. The zero-order chi connectivity index (χ0) is 13.8. The maximum atomic E-state index is 8.96. The summed E-state index contributed by atoms with van der Waals surface area (Å²) >= 11 is 0. The van der Waals surface area contributed by atoms with Gasteiger partial charge in [-0.1, -0.05) is 6.42 Å². The molecular formula is C15H26N4O. The van der Waals surface area contributed by atoms with Gasteiger partial charge in [0.05, 0.1) is 19.3 Å². The molecule has 0 radical (unpaired) electrons. The first kappa shape index (κ1) is 14.0. The highest BCUT2D eigenvalue weighted by Gasteiger charge is 2.31. The van der Waals surface area contributed by atoms with E-state index in [1.54, 1.807) is 0 Å². The zero-order valence-electron chi connectivity index (χ0n) is 12.2. The molecule has 20 heavy (non-hydrogen) atoms. The molecule has 0 aliphatic carbocycles. The molecule has 5 heteroatoms. The van der Waals surface area contributed by atoms with Crippen LogP contribution in [0.5, 0.6) is 0 Å². The fourth-order valence-electron chi connectivity index (χ4n) is 3.66. The van der Waals surface area contributed by atoms with Crippen LogP contribution in [0, 0.1) is 0 Å². The highest BCUT2D eigenvalue weighted by molar-refractivity contribution is 5.05. The molecule has 1 aromatic heterocycles. The third kappa shape index (κ3) is 3.22. The SMILES string of the molecule is OCCn1cc(CN2CCCCC2C2CCCN2)cn1. The Labute approximate surface area is 121 Å². The second kappa shape index (κ2) is 6.70. The van der Waals surface area contributed by atoms with E-state index in [9.17, 15) is 0 Å². The summed E-state index contributed by atoms with van der Waals surface area (Å²) in [7, 11) is 0. The molecule has 0 amide bonds. The number of aliphatic hydroxyl groups excluding tert-OH is 1. The van der Waals surface area contributed by atoms with Crippen molar-refractivity contribution < 1.29 is 5.11 Å². The summed E-state index contributed by atoms with van der Waals surface area (Å²) in [6, 6.07) is 1.37. The van der Waals surface area contributed by atoms with Crippen LogP contribution in [0.3, 0.4) is 0 Å². The van der Waals surface area contributed by atoms with E-state index >= 15 is 0 Å². The van der Waals surface area contributed by atoms with E-state index in [4.69, 9.17) is 5.11 Å². The number of aliphatic hydroxyl groups is 1. The largest absolute Gasteiger partial charge is 0.394 e. The Morgan fingerprint density at radius 2 is 2.25 bits per heavy atom. The highest BCUT2D eigenvalue weighted by atomic mass is 16.3. The second-order valence-corrected chi connectivity index (χ2v) is 6.07. The summed E-state index contributed by atoms with van der Waals surface area (Å²) < 4.78 is 1.84. The predicted octanol–water partition coefficient (Wildman–Crippen LogP) is 0.982. The molecule has 0 aromatic carbocycles. The van der Waals surface area contributed by atoms with Gasteiger partial charge in [-0.15, -0.1) is 0 Å². The van der Waals surface area contributed by atoms with Crippen LogP contribution in [0.15, 0.2) is 12.4 Å². The normalized spacial score (nSPS) is 28.1. The average Bonchev–Trinajstić information content (AvgIpc) is 3.12. The molecule has 2 aliphatic heterocycles. The lowest BCUT2D eigenvalue weighted by Gasteiger charge is -2.39. The Morgan fingerprint density at radius 1 is 1.30 bits per heavy atom. The van der Waals surface area contributed by atoms with E-state index in [2.05, 4.69) is 21.5 Å². The van der Waals surface area contributed by atoms with Crippen LogP contribution in [0.25, 0.3) is 0 Å². The van der Waals surface area contributed by atoms with E-state index < -0.39 is 0 Å². The van der Waals surface area contributed by atoms with E-state index in [0.717, 1.165) is 6.54 Å². The number of hydrogen-bond acceptors (Lipinski definition) is 4. The van der Waals surface area contributed by atoms with Gasteiger partial charge < -0.3 is 10.4 Å². The van der Waals surface area contributed by atoms with Gasteiger partial charge in [-0.2, -0.15) is 5.10 Å². The van der Waals surface area contributed by atoms with Crippen LogP contribution in [-0.2, 0) is 13.1 Å². The van der Waals surface area contributed by atoms with Crippen LogP contribution in [0.2, 0.25) is 0 Å². The molecule has 2 aliphatic rings. The Hall–Kier alpha value is -0.910. The number of nitrogens with zero attached hydrogens (tertiary/aromatic N) is 3. The van der Waals surface area contributed by atoms with Gasteiger partial charge in [0.15, 0.2) is 0 Å². The quantitative estimate of drug-likeness (QED) is 0.843. The van der Waals surface area contributed by atoms with Crippen molar-refractivity contribution in [3.05, 3.63) is 18.0 Å². The average molecular weight is 278 g/mol. The molecule has 5 nitrogen and oxygen atoms in total. The van der Waals surface area contributed by atoms with Crippen molar-refractivity contribution in [3.8, 4) is 0 Å². The van der Waals surface area contributed by atoms with Crippen molar-refractivity contribution in [2.24, 2.45) is 0 Å². The molecule has 0 bridgehead atoms. The monoisotopic (exact) mass is 278 g/mol. The maximum Gasteiger partial charge on any atom is 0.0640 e. The minimum atomic E-state index is 0.152. The van der Waals surface area contributed by atoms with Crippen molar-refractivity contribution in [2.75, 3.05) is 19.7 Å². The van der Waals surface area contributed by atoms with Gasteiger partial charge in [0.25, 0.3) is 0 Å². The molecular weight excluding hydrogens is 252 g/mol. The summed E-state index contributed by atoms with van der Waals surface area (Å²) in [4.78, 5) is 2.63. The first-order valence-corrected chi connectivity index (χ1v) is 7.96. The van der Waals surface area contributed by atoms with Gasteiger partial charge in [-0.25, -0.2) is 0 Å². The van der Waals surface area contributed by atoms with E-state index in [1.165, 1.54) is 50.8 Å². The zero-order valence-corrected chi connectivity index (χ0v) is 12.2. The lowest BCUT2D eigenvalue weighted by atomic mass is 9.94. The number of nitrogens with one attached hydrogen (secondary N) is 1. The van der Waals surface area contributed by atoms with E-state index in [-0.39, 0.29) is 6.61 Å². The lowest BCUT2D eigenvalue weighted by Crippen LogP contribution is -2.49. The minimum Gasteiger partial charge on any atom is -0.394 e. The fraction of sp³-hybridized carbons (Fsp3) is 0.800. The van der Waals surface area contributed by atoms with Crippen LogP contribution in [-0.4, -0.2) is 51.6 Å². The molecule has 1 aromatic rings. The van der Waals surface area contributed by atoms with E-state index in [1.807, 2.05) is 10.9 Å². The Kier molecular flexibility index (Phi) is 4.70. The molecule has 2 saturated heterocycles. The molecule has 2 atom stereocenters. The summed E-state index contributed by atoms with van der Waals surface area (Å²) in [6.45, 7) is 4.12. The predicted molar refractivity (Wildman–Crippen MR) is 78.4 cm³/mol. The fourth-order valence-corrected chi connectivity index (χ4v) is 3.66. The summed E-state index contributed by atoms with van der Waals surface area (Å²) in [5, 5.41) is 16.9. The smallest absolute Gasteiger partial charge is 0.0640 e. The number of hydrogen-bond donors (Lipinski definition) is 2. The topological polar surface area (TPSA) is 53.3 Å². The summed E-state index contributed by atoms with van der Waals surface area (Å²) in [5.74, 6) is 0. The molecule has 2 fully saturated rings. The Balaban J connectivity index is 1.63. The van der Waals surface area contributed by atoms with Crippen molar-refractivity contribution in [2.45, 2.75) is 57.3 Å². The van der Waals surface area contributed by atoms with Gasteiger partial charge in [0, 0.05) is 30.4 Å². The number of piperidine rings is 1. The van der Waals surface area contributed by atoms with Crippen molar-refractivity contribution in [1.82, 2.24) is 20.0 Å². The van der Waals surface area contributed by atoms with Crippen molar-refractivity contribution >= 4 is 0 Å². The number of likely N-dealkylation sites (tertiary alicyclic amines) is 1. The third-order valence-electron chi connectivity index (χ3n) is 4.63. The van der Waals surface area contributed by atoms with Gasteiger partial charge >= 0.3 is 0 Å². The summed E-state index contributed by atoms with van der Waals surface area (Å²) in [5.41, 5.74) is 1.27. The Bertz CT molecular complexity index is 414. The molecule has 3 rings (SSSR count). The molecule has 112 valence electrons. The van der Waals surface area contributed by atoms with Gasteiger partial charge in [-0.3, -0.25) is 9.58 Å². The second-order valence-electron chi connectivity index (χ2n) is 6.07. The number of aromatic nitrogens is 2. The molecule has 0 spiro atoms. The van der Waals surface area contributed by atoms with Crippen LogP contribution >= 0.6 is 0 Å². The van der Waals surface area contributed by atoms with Crippen molar-refractivity contribution in [1.29, 1.82) is 0 Å². The number of rotatable bonds is 5. The molecule has 0 saturated carbocycles. The maximum absolute atomic E-state index is 8.96. The third-order valence-corrected chi connectivity index (χ3v) is 4.63. The minimum absolute atomic E-state index is 0.152. The summed E-state index contributed by atoms with van der Waals surface area (Å²) in [6.07, 6.45) is 10.7. The first-order valence-electron chi connectivity index (χ1n) is 7.96. The van der Waals surface area contributed by atoms with Crippen LogP contribution in [0.1, 0.15) is 37.7 Å². The Morgan fingerprint density at radius 3 is 3.05 bits per heavy atom. The van der Waals surface area contributed by atoms with Crippen molar-refractivity contribution in [3.63, 3.8) is 0 Å². The standard InChI is InChI=1S/C15H26N4O/c20-9-8-19-12-13(10-17-19)11-18-7-2-1-5-15(18)14-4-3-6-16-14/h10,12,14-16,20H,1-9,11H2. The van der Waals surface area contributed by atoms with Gasteiger partial charge in [0.2, 0.25) is 0 Å². The van der Waals surface area contributed by atoms with Gasteiger partial charge in [0.1, 0.15) is 0 Å².